The predicted molar refractivity (Wildman–Crippen MR) is 111 cm³/mol. The third-order valence-electron chi connectivity index (χ3n) is 5.62. The maximum atomic E-state index is 13.0. The van der Waals surface area contributed by atoms with E-state index in [-0.39, 0.29) is 17.9 Å². The molecule has 0 N–H and O–H groups in total. The van der Waals surface area contributed by atoms with Gasteiger partial charge in [0.05, 0.1) is 25.8 Å². The van der Waals surface area contributed by atoms with E-state index in [0.717, 1.165) is 29.0 Å². The standard InChI is InChI=1S/C24H25NO3/c1-16-13-20(23-21(27-2)9-6-10-22(23)28-3)25(24(16)26)15-17-11-12-18-7-4-5-8-19(18)14-17/h4-12,14,16,20H,13,15H2,1-3H3. The lowest BCUT2D eigenvalue weighted by Crippen LogP contribution is -2.29. The monoisotopic (exact) mass is 375 g/mol. The van der Waals surface area contributed by atoms with Crippen molar-refractivity contribution in [2.24, 2.45) is 5.92 Å². The number of rotatable bonds is 5. The van der Waals surface area contributed by atoms with Crippen LogP contribution in [0.25, 0.3) is 10.8 Å². The Labute approximate surface area is 165 Å². The lowest BCUT2D eigenvalue weighted by atomic mass is 9.98. The molecule has 1 fully saturated rings. The number of hydrogen-bond donors (Lipinski definition) is 0. The molecule has 2 atom stereocenters. The Morgan fingerprint density at radius 2 is 1.61 bits per heavy atom. The zero-order valence-electron chi connectivity index (χ0n) is 16.5. The highest BCUT2D eigenvalue weighted by Gasteiger charge is 2.40. The minimum absolute atomic E-state index is 0.0277. The van der Waals surface area contributed by atoms with E-state index in [1.165, 1.54) is 10.8 Å². The Morgan fingerprint density at radius 1 is 0.929 bits per heavy atom. The van der Waals surface area contributed by atoms with Gasteiger partial charge in [0.15, 0.2) is 0 Å². The predicted octanol–water partition coefficient (Wildman–Crippen LogP) is 4.97. The number of benzene rings is 3. The number of carbonyl (C=O) groups is 1. The Morgan fingerprint density at radius 3 is 2.29 bits per heavy atom. The molecule has 28 heavy (non-hydrogen) atoms. The summed E-state index contributed by atoms with van der Waals surface area (Å²) >= 11 is 0. The fourth-order valence-corrected chi connectivity index (χ4v) is 4.20. The number of hydrogen-bond acceptors (Lipinski definition) is 3. The summed E-state index contributed by atoms with van der Waals surface area (Å²) in [5.41, 5.74) is 2.08. The molecule has 4 heteroatoms. The van der Waals surface area contributed by atoms with Gasteiger partial charge in [-0.1, -0.05) is 49.4 Å². The van der Waals surface area contributed by atoms with Crippen molar-refractivity contribution >= 4 is 16.7 Å². The number of carbonyl (C=O) groups excluding carboxylic acids is 1. The average Bonchev–Trinajstić information content (AvgIpc) is 3.01. The van der Waals surface area contributed by atoms with Crippen LogP contribution in [0.2, 0.25) is 0 Å². The molecule has 0 saturated carbocycles. The van der Waals surface area contributed by atoms with E-state index in [1.54, 1.807) is 14.2 Å². The number of nitrogens with zero attached hydrogens (tertiary/aromatic N) is 1. The minimum atomic E-state index is -0.0694. The van der Waals surface area contributed by atoms with Crippen molar-refractivity contribution in [3.8, 4) is 11.5 Å². The van der Waals surface area contributed by atoms with E-state index < -0.39 is 0 Å². The van der Waals surface area contributed by atoms with Crippen LogP contribution in [0.5, 0.6) is 11.5 Å². The van der Waals surface area contributed by atoms with Crippen molar-refractivity contribution in [1.82, 2.24) is 4.90 Å². The van der Waals surface area contributed by atoms with E-state index in [4.69, 9.17) is 9.47 Å². The molecule has 4 nitrogen and oxygen atoms in total. The molecule has 1 aliphatic heterocycles. The van der Waals surface area contributed by atoms with Crippen LogP contribution in [-0.4, -0.2) is 25.0 Å². The Kier molecular flexibility index (Phi) is 4.95. The van der Waals surface area contributed by atoms with E-state index in [1.807, 2.05) is 42.2 Å². The van der Waals surface area contributed by atoms with Crippen LogP contribution in [0.3, 0.4) is 0 Å². The van der Waals surface area contributed by atoms with E-state index in [0.29, 0.717) is 6.54 Å². The van der Waals surface area contributed by atoms with Crippen LogP contribution in [0.1, 0.15) is 30.5 Å². The summed E-state index contributed by atoms with van der Waals surface area (Å²) in [5, 5.41) is 2.39. The molecule has 0 aromatic heterocycles. The summed E-state index contributed by atoms with van der Waals surface area (Å²) in [4.78, 5) is 15.0. The first kappa shape index (κ1) is 18.4. The van der Waals surface area contributed by atoms with Crippen molar-refractivity contribution < 1.29 is 14.3 Å². The Balaban J connectivity index is 1.73. The third kappa shape index (κ3) is 3.19. The summed E-state index contributed by atoms with van der Waals surface area (Å²) in [7, 11) is 3.32. The Bertz CT molecular complexity index is 991. The molecule has 144 valence electrons. The second kappa shape index (κ2) is 7.55. The Hall–Kier alpha value is -3.01. The molecule has 2 unspecified atom stereocenters. The molecule has 1 aliphatic rings. The number of methoxy groups -OCH3 is 2. The van der Waals surface area contributed by atoms with Crippen LogP contribution in [-0.2, 0) is 11.3 Å². The van der Waals surface area contributed by atoms with Crippen LogP contribution >= 0.6 is 0 Å². The van der Waals surface area contributed by atoms with Crippen molar-refractivity contribution in [3.63, 3.8) is 0 Å². The zero-order chi connectivity index (χ0) is 19.7. The number of fused-ring (bicyclic) bond motifs is 1. The highest BCUT2D eigenvalue weighted by molar-refractivity contribution is 5.84. The molecule has 0 aliphatic carbocycles. The fraction of sp³-hybridized carbons (Fsp3) is 0.292. The van der Waals surface area contributed by atoms with Gasteiger partial charge in [0.1, 0.15) is 11.5 Å². The van der Waals surface area contributed by atoms with E-state index in [9.17, 15) is 4.79 Å². The number of likely N-dealkylation sites (tertiary alicyclic amines) is 1. The van der Waals surface area contributed by atoms with Crippen molar-refractivity contribution in [2.75, 3.05) is 14.2 Å². The summed E-state index contributed by atoms with van der Waals surface area (Å²) in [6.45, 7) is 2.57. The van der Waals surface area contributed by atoms with Gasteiger partial charge in [0.25, 0.3) is 0 Å². The first-order chi connectivity index (χ1) is 13.6. The molecular weight excluding hydrogens is 350 g/mol. The van der Waals surface area contributed by atoms with Gasteiger partial charge < -0.3 is 14.4 Å². The van der Waals surface area contributed by atoms with Gasteiger partial charge in [-0.2, -0.15) is 0 Å². The second-order valence-corrected chi connectivity index (χ2v) is 7.38. The average molecular weight is 375 g/mol. The van der Waals surface area contributed by atoms with Crippen molar-refractivity contribution in [2.45, 2.75) is 25.9 Å². The van der Waals surface area contributed by atoms with Gasteiger partial charge in [-0.15, -0.1) is 0 Å². The second-order valence-electron chi connectivity index (χ2n) is 7.38. The maximum absolute atomic E-state index is 13.0. The summed E-state index contributed by atoms with van der Waals surface area (Å²) < 4.78 is 11.2. The van der Waals surface area contributed by atoms with Crippen LogP contribution in [0.15, 0.2) is 60.7 Å². The van der Waals surface area contributed by atoms with Crippen molar-refractivity contribution in [1.29, 1.82) is 0 Å². The normalized spacial score (nSPS) is 19.2. The van der Waals surface area contributed by atoms with Gasteiger partial charge in [-0.05, 0) is 41.0 Å². The molecule has 1 saturated heterocycles. The summed E-state index contributed by atoms with van der Waals surface area (Å²) in [5.74, 6) is 1.66. The minimum Gasteiger partial charge on any atom is -0.496 e. The van der Waals surface area contributed by atoms with Gasteiger partial charge >= 0.3 is 0 Å². The summed E-state index contributed by atoms with van der Waals surface area (Å²) in [6.07, 6.45) is 0.753. The molecule has 3 aromatic carbocycles. The fourth-order valence-electron chi connectivity index (χ4n) is 4.20. The largest absolute Gasteiger partial charge is 0.496 e. The van der Waals surface area contributed by atoms with E-state index in [2.05, 4.69) is 30.3 Å². The van der Waals surface area contributed by atoms with Gasteiger partial charge in [0, 0.05) is 12.5 Å². The molecule has 0 bridgehead atoms. The van der Waals surface area contributed by atoms with Crippen LogP contribution < -0.4 is 9.47 Å². The first-order valence-electron chi connectivity index (χ1n) is 9.61. The molecule has 0 radical (unpaired) electrons. The summed E-state index contributed by atoms with van der Waals surface area (Å²) in [6, 6.07) is 20.4. The highest BCUT2D eigenvalue weighted by Crippen LogP contribution is 2.45. The third-order valence-corrected chi connectivity index (χ3v) is 5.62. The smallest absolute Gasteiger partial charge is 0.226 e. The van der Waals surface area contributed by atoms with Crippen LogP contribution in [0, 0.1) is 5.92 Å². The van der Waals surface area contributed by atoms with Crippen molar-refractivity contribution in [3.05, 3.63) is 71.8 Å². The van der Waals surface area contributed by atoms with Gasteiger partial charge in [0.2, 0.25) is 5.91 Å². The number of amides is 1. The maximum Gasteiger partial charge on any atom is 0.226 e. The molecule has 0 spiro atoms. The lowest BCUT2D eigenvalue weighted by Gasteiger charge is -2.28. The first-order valence-corrected chi connectivity index (χ1v) is 9.61. The zero-order valence-corrected chi connectivity index (χ0v) is 16.5. The SMILES string of the molecule is COc1cccc(OC)c1C1CC(C)C(=O)N1Cc1ccc2ccccc2c1. The quantitative estimate of drug-likeness (QED) is 0.632. The molecule has 3 aromatic rings. The molecule has 4 rings (SSSR count). The highest BCUT2D eigenvalue weighted by atomic mass is 16.5. The van der Waals surface area contributed by atoms with E-state index >= 15 is 0 Å². The van der Waals surface area contributed by atoms with Crippen LogP contribution in [0.4, 0.5) is 0 Å². The molecule has 1 amide bonds. The lowest BCUT2D eigenvalue weighted by molar-refractivity contribution is -0.132. The molecule has 1 heterocycles. The van der Waals surface area contributed by atoms with Gasteiger partial charge in [-0.25, -0.2) is 0 Å². The molecular formula is C24H25NO3. The van der Waals surface area contributed by atoms with Gasteiger partial charge in [-0.3, -0.25) is 4.79 Å². The topological polar surface area (TPSA) is 38.8 Å². The number of ether oxygens (including phenoxy) is 2.